The van der Waals surface area contributed by atoms with Gasteiger partial charge in [-0.25, -0.2) is 0 Å². The minimum Gasteiger partial charge on any atom is -0.390 e. The summed E-state index contributed by atoms with van der Waals surface area (Å²) in [5.74, 6) is 0. The molecule has 1 N–H and O–H groups in total. The van der Waals surface area contributed by atoms with Gasteiger partial charge in [0.25, 0.3) is 0 Å². The van der Waals surface area contributed by atoms with E-state index in [1.165, 1.54) is 19.3 Å². The zero-order chi connectivity index (χ0) is 10.4. The van der Waals surface area contributed by atoms with Crippen LogP contribution >= 0.6 is 0 Å². The van der Waals surface area contributed by atoms with Crippen molar-refractivity contribution in [1.82, 2.24) is 0 Å². The van der Waals surface area contributed by atoms with E-state index in [1.807, 2.05) is 6.08 Å². The van der Waals surface area contributed by atoms with E-state index in [-0.39, 0.29) is 11.7 Å². The normalized spacial score (nSPS) is 23.0. The molecule has 0 aliphatic heterocycles. The second-order valence-corrected chi connectivity index (χ2v) is 4.21. The summed E-state index contributed by atoms with van der Waals surface area (Å²) in [7, 11) is 1.72. The van der Waals surface area contributed by atoms with E-state index < -0.39 is 0 Å². The predicted molar refractivity (Wildman–Crippen MR) is 58.3 cm³/mol. The summed E-state index contributed by atoms with van der Waals surface area (Å²) < 4.78 is 5.55. The number of hydrogen-bond acceptors (Lipinski definition) is 2. The summed E-state index contributed by atoms with van der Waals surface area (Å²) in [6, 6.07) is 0. The third-order valence-corrected chi connectivity index (χ3v) is 3.36. The van der Waals surface area contributed by atoms with Crippen molar-refractivity contribution >= 4 is 0 Å². The van der Waals surface area contributed by atoms with Crippen molar-refractivity contribution in [2.24, 2.45) is 0 Å². The van der Waals surface area contributed by atoms with E-state index in [9.17, 15) is 5.11 Å². The fourth-order valence-electron chi connectivity index (χ4n) is 2.36. The van der Waals surface area contributed by atoms with E-state index in [4.69, 9.17) is 4.74 Å². The third kappa shape index (κ3) is 2.58. The second kappa shape index (κ2) is 5.52. The first-order valence-electron chi connectivity index (χ1n) is 5.59. The number of aliphatic hydroxyl groups excluding tert-OH is 1. The van der Waals surface area contributed by atoms with Crippen LogP contribution in [0.3, 0.4) is 0 Å². The third-order valence-electron chi connectivity index (χ3n) is 3.36. The first kappa shape index (κ1) is 11.7. The van der Waals surface area contributed by atoms with Crippen LogP contribution in [0, 0.1) is 0 Å². The number of allylic oxidation sites excluding steroid dienone is 1. The topological polar surface area (TPSA) is 29.5 Å². The van der Waals surface area contributed by atoms with Crippen molar-refractivity contribution in [3.63, 3.8) is 0 Å². The summed E-state index contributed by atoms with van der Waals surface area (Å²) in [4.78, 5) is 0. The molecule has 0 heterocycles. The van der Waals surface area contributed by atoms with Gasteiger partial charge in [0.1, 0.15) is 0 Å². The standard InChI is InChI=1S/C12H22O2/c1-3-4-8-11(13)12(14-2)9-6-5-7-10-12/h3,11,13H,1,4-10H2,2H3. The molecule has 14 heavy (non-hydrogen) atoms. The van der Waals surface area contributed by atoms with Gasteiger partial charge in [-0.2, -0.15) is 0 Å². The molecule has 82 valence electrons. The Labute approximate surface area is 87.0 Å². The number of methoxy groups -OCH3 is 1. The second-order valence-electron chi connectivity index (χ2n) is 4.21. The molecule has 1 fully saturated rings. The number of hydrogen-bond donors (Lipinski definition) is 1. The highest BCUT2D eigenvalue weighted by Crippen LogP contribution is 2.35. The fraction of sp³-hybridized carbons (Fsp3) is 0.833. The van der Waals surface area contributed by atoms with Gasteiger partial charge in [-0.3, -0.25) is 0 Å². The Morgan fingerprint density at radius 2 is 2.07 bits per heavy atom. The van der Waals surface area contributed by atoms with E-state index in [1.54, 1.807) is 7.11 Å². The molecule has 0 aromatic rings. The van der Waals surface area contributed by atoms with Crippen LogP contribution in [-0.2, 0) is 4.74 Å². The van der Waals surface area contributed by atoms with Crippen molar-refractivity contribution < 1.29 is 9.84 Å². The number of ether oxygens (including phenoxy) is 1. The number of rotatable bonds is 5. The maximum Gasteiger partial charge on any atom is 0.0936 e. The largest absolute Gasteiger partial charge is 0.390 e. The highest BCUT2D eigenvalue weighted by molar-refractivity contribution is 4.91. The van der Waals surface area contributed by atoms with Gasteiger partial charge in [0.05, 0.1) is 11.7 Å². The highest BCUT2D eigenvalue weighted by atomic mass is 16.5. The molecular weight excluding hydrogens is 176 g/mol. The van der Waals surface area contributed by atoms with Gasteiger partial charge < -0.3 is 9.84 Å². The van der Waals surface area contributed by atoms with Gasteiger partial charge in [0, 0.05) is 7.11 Å². The maximum absolute atomic E-state index is 10.1. The summed E-state index contributed by atoms with van der Waals surface area (Å²) in [5, 5.41) is 10.1. The monoisotopic (exact) mass is 198 g/mol. The van der Waals surface area contributed by atoms with Gasteiger partial charge in [0.2, 0.25) is 0 Å². The summed E-state index contributed by atoms with van der Waals surface area (Å²) >= 11 is 0. The Kier molecular flexibility index (Phi) is 4.63. The lowest BCUT2D eigenvalue weighted by Gasteiger charge is -2.39. The molecule has 0 saturated heterocycles. The Hall–Kier alpha value is -0.340. The molecule has 1 atom stereocenters. The zero-order valence-electron chi connectivity index (χ0n) is 9.17. The Bertz CT molecular complexity index is 171. The van der Waals surface area contributed by atoms with Crippen molar-refractivity contribution in [2.75, 3.05) is 7.11 Å². The predicted octanol–water partition coefficient (Wildman–Crippen LogP) is 2.66. The van der Waals surface area contributed by atoms with Crippen LogP contribution in [0.5, 0.6) is 0 Å². The lowest BCUT2D eigenvalue weighted by Crippen LogP contribution is -2.45. The Balaban J connectivity index is 2.52. The first-order valence-corrected chi connectivity index (χ1v) is 5.59. The van der Waals surface area contributed by atoms with E-state index >= 15 is 0 Å². The van der Waals surface area contributed by atoms with Crippen LogP contribution in [0.15, 0.2) is 12.7 Å². The summed E-state index contributed by atoms with van der Waals surface area (Å²) in [5.41, 5.74) is -0.263. The summed E-state index contributed by atoms with van der Waals surface area (Å²) in [6.45, 7) is 3.67. The smallest absolute Gasteiger partial charge is 0.0936 e. The van der Waals surface area contributed by atoms with Crippen LogP contribution in [0.1, 0.15) is 44.9 Å². The fourth-order valence-corrected chi connectivity index (χ4v) is 2.36. The Morgan fingerprint density at radius 1 is 1.43 bits per heavy atom. The molecular formula is C12H22O2. The van der Waals surface area contributed by atoms with Crippen LogP contribution < -0.4 is 0 Å². The molecule has 1 aliphatic carbocycles. The summed E-state index contributed by atoms with van der Waals surface area (Å²) in [6.07, 6.45) is 8.81. The average molecular weight is 198 g/mol. The lowest BCUT2D eigenvalue weighted by atomic mass is 9.79. The van der Waals surface area contributed by atoms with E-state index in [0.717, 1.165) is 25.7 Å². The lowest BCUT2D eigenvalue weighted by molar-refractivity contribution is -0.124. The molecule has 0 amide bonds. The van der Waals surface area contributed by atoms with E-state index in [2.05, 4.69) is 6.58 Å². The van der Waals surface area contributed by atoms with E-state index in [0.29, 0.717) is 0 Å². The van der Waals surface area contributed by atoms with Crippen LogP contribution in [0.2, 0.25) is 0 Å². The van der Waals surface area contributed by atoms with Crippen molar-refractivity contribution in [1.29, 1.82) is 0 Å². The molecule has 1 saturated carbocycles. The van der Waals surface area contributed by atoms with Gasteiger partial charge in [0.15, 0.2) is 0 Å². The minimum absolute atomic E-state index is 0.263. The average Bonchev–Trinajstić information content (AvgIpc) is 2.26. The molecule has 1 rings (SSSR count). The van der Waals surface area contributed by atoms with Crippen LogP contribution in [0.25, 0.3) is 0 Å². The molecule has 0 radical (unpaired) electrons. The molecule has 2 nitrogen and oxygen atoms in total. The molecule has 0 aromatic heterocycles. The molecule has 2 heteroatoms. The van der Waals surface area contributed by atoms with Gasteiger partial charge in [-0.15, -0.1) is 6.58 Å². The van der Waals surface area contributed by atoms with Crippen LogP contribution in [0.4, 0.5) is 0 Å². The number of aliphatic hydroxyl groups is 1. The minimum atomic E-state index is -0.328. The van der Waals surface area contributed by atoms with Crippen molar-refractivity contribution in [3.8, 4) is 0 Å². The molecule has 1 aliphatic rings. The van der Waals surface area contributed by atoms with Crippen molar-refractivity contribution in [2.45, 2.75) is 56.7 Å². The van der Waals surface area contributed by atoms with Crippen LogP contribution in [-0.4, -0.2) is 23.9 Å². The SMILES string of the molecule is C=CCCC(O)C1(OC)CCCCC1. The first-order chi connectivity index (χ1) is 6.75. The molecule has 1 unspecified atom stereocenters. The van der Waals surface area contributed by atoms with Gasteiger partial charge in [-0.05, 0) is 25.7 Å². The maximum atomic E-state index is 10.1. The zero-order valence-corrected chi connectivity index (χ0v) is 9.17. The quantitative estimate of drug-likeness (QED) is 0.688. The van der Waals surface area contributed by atoms with Gasteiger partial charge >= 0.3 is 0 Å². The molecule has 0 aromatic carbocycles. The molecule has 0 bridgehead atoms. The van der Waals surface area contributed by atoms with Gasteiger partial charge in [-0.1, -0.05) is 25.3 Å². The molecule has 0 spiro atoms. The Morgan fingerprint density at radius 3 is 2.57 bits per heavy atom. The highest BCUT2D eigenvalue weighted by Gasteiger charge is 2.38. The van der Waals surface area contributed by atoms with Crippen molar-refractivity contribution in [3.05, 3.63) is 12.7 Å².